The highest BCUT2D eigenvalue weighted by Crippen LogP contribution is 2.24. The number of amides is 2. The van der Waals surface area contributed by atoms with E-state index >= 15 is 0 Å². The number of nitrogens with one attached hydrogen (secondary N) is 1. The molecule has 1 aliphatic heterocycles. The molecule has 0 saturated carbocycles. The first kappa shape index (κ1) is 18.5. The third-order valence-electron chi connectivity index (χ3n) is 4.51. The molecule has 2 aromatic rings. The summed E-state index contributed by atoms with van der Waals surface area (Å²) in [5, 5.41) is 7.72. The van der Waals surface area contributed by atoms with Crippen molar-refractivity contribution < 1.29 is 9.59 Å². The minimum atomic E-state index is -0.283. The van der Waals surface area contributed by atoms with E-state index in [1.165, 1.54) is 0 Å². The molecule has 1 saturated heterocycles. The number of carbonyl (C=O) groups is 2. The molecule has 138 valence electrons. The topological polar surface area (TPSA) is 67.2 Å². The lowest BCUT2D eigenvalue weighted by Gasteiger charge is -2.16. The van der Waals surface area contributed by atoms with Crippen LogP contribution in [0.4, 0.5) is 0 Å². The van der Waals surface area contributed by atoms with Crippen LogP contribution < -0.4 is 5.32 Å². The van der Waals surface area contributed by atoms with Crippen molar-refractivity contribution in [2.24, 2.45) is 0 Å². The van der Waals surface area contributed by atoms with E-state index in [0.717, 1.165) is 37.3 Å². The summed E-state index contributed by atoms with van der Waals surface area (Å²) < 4.78 is 1.73. The molecular weight excluding hydrogens is 352 g/mol. The van der Waals surface area contributed by atoms with E-state index in [-0.39, 0.29) is 24.3 Å². The number of nitrogens with zero attached hydrogens (tertiary/aromatic N) is 3. The van der Waals surface area contributed by atoms with Crippen LogP contribution in [0.25, 0.3) is 5.69 Å². The van der Waals surface area contributed by atoms with E-state index in [0.29, 0.717) is 10.6 Å². The number of likely N-dealkylation sites (tertiary alicyclic amines) is 1. The molecule has 0 spiro atoms. The van der Waals surface area contributed by atoms with Gasteiger partial charge in [0, 0.05) is 18.1 Å². The van der Waals surface area contributed by atoms with Crippen molar-refractivity contribution in [3.8, 4) is 5.69 Å². The molecule has 6 nitrogen and oxygen atoms in total. The predicted octanol–water partition coefficient (Wildman–Crippen LogP) is 3.00. The van der Waals surface area contributed by atoms with Gasteiger partial charge in [-0.15, -0.1) is 0 Å². The first-order valence-electron chi connectivity index (χ1n) is 8.87. The number of hydrogen-bond donors (Lipinski definition) is 1. The maximum atomic E-state index is 12.6. The Morgan fingerprint density at radius 3 is 2.65 bits per heavy atom. The van der Waals surface area contributed by atoms with Gasteiger partial charge in [-0.05, 0) is 37.0 Å². The molecule has 1 aliphatic rings. The molecule has 0 radical (unpaired) electrons. The van der Waals surface area contributed by atoms with Gasteiger partial charge in [-0.2, -0.15) is 5.10 Å². The molecule has 26 heavy (non-hydrogen) atoms. The summed E-state index contributed by atoms with van der Waals surface area (Å²) in [7, 11) is 0. The highest BCUT2D eigenvalue weighted by Gasteiger charge is 2.23. The molecule has 1 aromatic heterocycles. The van der Waals surface area contributed by atoms with Crippen LogP contribution in [0, 0.1) is 0 Å². The SMILES string of the molecule is CC(C)c1c(C(=O)NCC(=O)N2CCCC2)cnn1-c1cccc(Cl)c1. The first-order valence-corrected chi connectivity index (χ1v) is 9.25. The van der Waals surface area contributed by atoms with Crippen molar-refractivity contribution in [1.82, 2.24) is 20.0 Å². The van der Waals surface area contributed by atoms with E-state index < -0.39 is 0 Å². The Hall–Kier alpha value is -2.34. The lowest BCUT2D eigenvalue weighted by atomic mass is 10.0. The van der Waals surface area contributed by atoms with Crippen molar-refractivity contribution in [3.63, 3.8) is 0 Å². The minimum absolute atomic E-state index is 0.0126. The van der Waals surface area contributed by atoms with Gasteiger partial charge >= 0.3 is 0 Å². The molecule has 1 N–H and O–H groups in total. The van der Waals surface area contributed by atoms with E-state index in [4.69, 9.17) is 11.6 Å². The lowest BCUT2D eigenvalue weighted by Crippen LogP contribution is -2.38. The van der Waals surface area contributed by atoms with Crippen LogP contribution in [0.2, 0.25) is 5.02 Å². The molecule has 3 rings (SSSR count). The Balaban J connectivity index is 1.79. The second kappa shape index (κ2) is 7.91. The van der Waals surface area contributed by atoms with Gasteiger partial charge in [0.05, 0.1) is 29.7 Å². The largest absolute Gasteiger partial charge is 0.343 e. The number of carbonyl (C=O) groups excluding carboxylic acids is 2. The van der Waals surface area contributed by atoms with E-state index in [2.05, 4.69) is 10.4 Å². The van der Waals surface area contributed by atoms with Crippen molar-refractivity contribution in [2.75, 3.05) is 19.6 Å². The zero-order valence-corrected chi connectivity index (χ0v) is 15.8. The van der Waals surface area contributed by atoms with E-state index in [1.54, 1.807) is 27.9 Å². The fraction of sp³-hybridized carbons (Fsp3) is 0.421. The van der Waals surface area contributed by atoms with Crippen LogP contribution in [0.1, 0.15) is 48.7 Å². The normalized spacial score (nSPS) is 14.1. The Labute approximate surface area is 158 Å². The minimum Gasteiger partial charge on any atom is -0.343 e. The number of halogens is 1. The number of benzene rings is 1. The van der Waals surface area contributed by atoms with Crippen LogP contribution in [-0.4, -0.2) is 46.1 Å². The molecule has 0 aliphatic carbocycles. The second-order valence-electron chi connectivity index (χ2n) is 6.76. The Kier molecular flexibility index (Phi) is 5.61. The zero-order valence-electron chi connectivity index (χ0n) is 15.0. The van der Waals surface area contributed by atoms with Gasteiger partial charge in [-0.3, -0.25) is 9.59 Å². The second-order valence-corrected chi connectivity index (χ2v) is 7.20. The van der Waals surface area contributed by atoms with Gasteiger partial charge in [0.1, 0.15) is 0 Å². The molecule has 7 heteroatoms. The summed E-state index contributed by atoms with van der Waals surface area (Å²) in [6, 6.07) is 7.33. The fourth-order valence-electron chi connectivity index (χ4n) is 3.23. The first-order chi connectivity index (χ1) is 12.5. The summed E-state index contributed by atoms with van der Waals surface area (Å²) in [5.41, 5.74) is 2.07. The van der Waals surface area contributed by atoms with Gasteiger partial charge in [0.15, 0.2) is 0 Å². The molecular formula is C19H23ClN4O2. The highest BCUT2D eigenvalue weighted by molar-refractivity contribution is 6.30. The van der Waals surface area contributed by atoms with Crippen molar-refractivity contribution in [1.29, 1.82) is 0 Å². The Morgan fingerprint density at radius 2 is 2.00 bits per heavy atom. The molecule has 1 aromatic carbocycles. The Morgan fingerprint density at radius 1 is 1.27 bits per heavy atom. The summed E-state index contributed by atoms with van der Waals surface area (Å²) in [6.07, 6.45) is 3.61. The average molecular weight is 375 g/mol. The maximum Gasteiger partial charge on any atom is 0.255 e. The van der Waals surface area contributed by atoms with Gasteiger partial charge in [-0.25, -0.2) is 4.68 Å². The lowest BCUT2D eigenvalue weighted by molar-refractivity contribution is -0.129. The quantitative estimate of drug-likeness (QED) is 0.874. The van der Waals surface area contributed by atoms with E-state index in [9.17, 15) is 9.59 Å². The third-order valence-corrected chi connectivity index (χ3v) is 4.74. The molecule has 0 unspecified atom stereocenters. The number of hydrogen-bond acceptors (Lipinski definition) is 3. The molecule has 2 heterocycles. The maximum absolute atomic E-state index is 12.6. The summed E-state index contributed by atoms with van der Waals surface area (Å²) in [5.74, 6) is -0.245. The van der Waals surface area contributed by atoms with E-state index in [1.807, 2.05) is 26.0 Å². The summed E-state index contributed by atoms with van der Waals surface area (Å²) >= 11 is 6.08. The predicted molar refractivity (Wildman–Crippen MR) is 101 cm³/mol. The molecule has 2 amide bonds. The average Bonchev–Trinajstić information content (AvgIpc) is 3.28. The molecule has 0 bridgehead atoms. The van der Waals surface area contributed by atoms with Crippen LogP contribution in [0.3, 0.4) is 0 Å². The van der Waals surface area contributed by atoms with Gasteiger partial charge in [-0.1, -0.05) is 31.5 Å². The van der Waals surface area contributed by atoms with Gasteiger partial charge in [0.2, 0.25) is 5.91 Å². The fourth-order valence-corrected chi connectivity index (χ4v) is 3.42. The van der Waals surface area contributed by atoms with Crippen molar-refractivity contribution >= 4 is 23.4 Å². The van der Waals surface area contributed by atoms with Crippen LogP contribution in [-0.2, 0) is 4.79 Å². The summed E-state index contributed by atoms with van der Waals surface area (Å²) in [4.78, 5) is 26.6. The number of aromatic nitrogens is 2. The number of rotatable bonds is 5. The van der Waals surface area contributed by atoms with Gasteiger partial charge < -0.3 is 10.2 Å². The highest BCUT2D eigenvalue weighted by atomic mass is 35.5. The third kappa shape index (κ3) is 3.90. The Bertz CT molecular complexity index is 810. The van der Waals surface area contributed by atoms with Crippen LogP contribution >= 0.6 is 11.6 Å². The van der Waals surface area contributed by atoms with Crippen molar-refractivity contribution in [2.45, 2.75) is 32.6 Å². The van der Waals surface area contributed by atoms with Gasteiger partial charge in [0.25, 0.3) is 5.91 Å². The summed E-state index contributed by atoms with van der Waals surface area (Å²) in [6.45, 7) is 5.57. The van der Waals surface area contributed by atoms with Crippen LogP contribution in [0.15, 0.2) is 30.5 Å². The zero-order chi connectivity index (χ0) is 18.7. The van der Waals surface area contributed by atoms with Crippen molar-refractivity contribution in [3.05, 3.63) is 46.7 Å². The standard InChI is InChI=1S/C19H23ClN4O2/c1-13(2)18-16(11-22-24(18)15-7-5-6-14(20)10-15)19(26)21-12-17(25)23-8-3-4-9-23/h5-7,10-11,13H,3-4,8-9,12H2,1-2H3,(H,21,26). The van der Waals surface area contributed by atoms with Crippen LogP contribution in [0.5, 0.6) is 0 Å². The monoisotopic (exact) mass is 374 g/mol. The molecule has 0 atom stereocenters. The molecule has 1 fully saturated rings. The smallest absolute Gasteiger partial charge is 0.255 e.